The van der Waals surface area contributed by atoms with Gasteiger partial charge in [-0.15, -0.1) is 0 Å². The Hall–Kier alpha value is 1.35. The van der Waals surface area contributed by atoms with Crippen molar-refractivity contribution < 1.29 is 158 Å². The summed E-state index contributed by atoms with van der Waals surface area (Å²) in [7, 11) is -42.0. The molecule has 0 atom stereocenters. The van der Waals surface area contributed by atoms with E-state index in [1.807, 2.05) is 0 Å². The van der Waals surface area contributed by atoms with Crippen LogP contribution in [0, 0.1) is 0 Å². The quantitative estimate of drug-likeness (QED) is 0.0792. The Kier molecular flexibility index (Phi) is 54.9. The molecule has 36 nitrogen and oxygen atoms in total. The zero-order chi connectivity index (χ0) is 40.5. The minimum absolute atomic E-state index is 0. The van der Waals surface area contributed by atoms with Crippen LogP contribution in [0.15, 0.2) is 0 Å². The molecule has 0 aliphatic rings. The van der Waals surface area contributed by atoms with Gasteiger partial charge in [-0.3, -0.25) is 81.9 Å². The molecule has 47 heteroatoms. The van der Waals surface area contributed by atoms with Gasteiger partial charge in [-0.2, -0.15) is 75.8 Å². The van der Waals surface area contributed by atoms with Crippen molar-refractivity contribution in [3.8, 4) is 0 Å². The zero-order valence-electron chi connectivity index (χ0n) is 19.1. The monoisotopic (exact) mass is 966 g/mol. The molecular formula is H22Ca2O36S9. The van der Waals surface area contributed by atoms with Gasteiger partial charge in [0.2, 0.25) is 0 Å². The van der Waals surface area contributed by atoms with Crippen LogP contribution >= 0.6 is 0 Å². The van der Waals surface area contributed by atoms with Crippen LogP contribution in [0.4, 0.5) is 0 Å². The summed E-state index contributed by atoms with van der Waals surface area (Å²) in [5.41, 5.74) is 0. The maximum atomic E-state index is 8.74. The summed E-state index contributed by atoms with van der Waals surface area (Å²) in [6.07, 6.45) is 0. The Balaban J connectivity index is -0.0000000343. The van der Waals surface area contributed by atoms with Crippen LogP contribution < -0.4 is 0 Å². The molecule has 0 bridgehead atoms. The normalized spacial score (nSPS) is 11.1. The van der Waals surface area contributed by atoms with Crippen molar-refractivity contribution in [3.05, 3.63) is 0 Å². The molecule has 0 aromatic heterocycles. The second kappa shape index (κ2) is 33.2. The van der Waals surface area contributed by atoms with Crippen molar-refractivity contribution >= 4 is 169 Å². The first-order chi connectivity index (χ1) is 18.0. The summed E-state index contributed by atoms with van der Waals surface area (Å²) in [5, 5.41) is 0. The van der Waals surface area contributed by atoms with E-state index in [0.29, 0.717) is 0 Å². The third-order valence-corrected chi connectivity index (χ3v) is 0. The molecule has 0 spiro atoms. The Bertz CT molecular complexity index is 1220. The average Bonchev–Trinajstić information content (AvgIpc) is 2.26. The van der Waals surface area contributed by atoms with E-state index in [-0.39, 0.29) is 75.5 Å². The Morgan fingerprint density at radius 1 is 0.149 bits per heavy atom. The fourth-order valence-electron chi connectivity index (χ4n) is 0. The molecule has 0 radical (unpaired) electrons. The Morgan fingerprint density at radius 3 is 0.149 bits per heavy atom. The predicted molar refractivity (Wildman–Crippen MR) is 145 cm³/mol. The molecular weight excluding hydrogens is 945 g/mol. The van der Waals surface area contributed by atoms with Crippen LogP contribution in [-0.4, -0.2) is 233 Å². The molecule has 0 aliphatic carbocycles. The van der Waals surface area contributed by atoms with Gasteiger partial charge in [-0.05, 0) is 0 Å². The van der Waals surface area contributed by atoms with Gasteiger partial charge in [-0.25, -0.2) is 0 Å². The van der Waals surface area contributed by atoms with Gasteiger partial charge in [-0.1, -0.05) is 0 Å². The van der Waals surface area contributed by atoms with Gasteiger partial charge in [0.15, 0.2) is 0 Å². The molecule has 0 aromatic rings. The summed E-state index contributed by atoms with van der Waals surface area (Å²) < 4.78 is 284. The maximum absolute atomic E-state index is 8.74. The van der Waals surface area contributed by atoms with E-state index >= 15 is 0 Å². The molecule has 0 saturated carbocycles. The molecule has 18 N–H and O–H groups in total. The van der Waals surface area contributed by atoms with E-state index in [0.717, 1.165) is 0 Å². The topological polar surface area (TPSA) is 671 Å². The standard InChI is InChI=1S/2Ca.9H2O4S.4H/c;;9*1-5(2,3)4;;;;/h;;9*(H2,1,2,3,4);;;;. The van der Waals surface area contributed by atoms with Crippen LogP contribution in [0.25, 0.3) is 0 Å². The van der Waals surface area contributed by atoms with Crippen LogP contribution in [0.3, 0.4) is 0 Å². The number of hydrogen-bond donors (Lipinski definition) is 18. The molecule has 0 saturated heterocycles. The van der Waals surface area contributed by atoms with Gasteiger partial charge in [0.25, 0.3) is 0 Å². The van der Waals surface area contributed by atoms with Gasteiger partial charge < -0.3 is 0 Å². The van der Waals surface area contributed by atoms with Crippen LogP contribution in [0.1, 0.15) is 0 Å². The third kappa shape index (κ3) is 53500. The first-order valence-electron chi connectivity index (χ1n) is 6.29. The summed E-state index contributed by atoms with van der Waals surface area (Å²) in [5.74, 6) is 0. The summed E-state index contributed by atoms with van der Waals surface area (Å²) >= 11 is 0. The average molecular weight is 967 g/mol. The first-order valence-corrected chi connectivity index (χ1v) is 18.9. The zero-order valence-corrected chi connectivity index (χ0v) is 26.4. The molecule has 47 heavy (non-hydrogen) atoms. The van der Waals surface area contributed by atoms with Crippen molar-refractivity contribution in [3.63, 3.8) is 0 Å². The van der Waals surface area contributed by atoms with Gasteiger partial charge in [0.05, 0.1) is 0 Å². The molecule has 0 amide bonds. The molecule has 296 valence electrons. The van der Waals surface area contributed by atoms with Crippen molar-refractivity contribution in [2.75, 3.05) is 0 Å². The minimum atomic E-state index is -4.67. The van der Waals surface area contributed by atoms with Crippen molar-refractivity contribution in [2.24, 2.45) is 0 Å². The van der Waals surface area contributed by atoms with Crippen molar-refractivity contribution in [1.82, 2.24) is 0 Å². The third-order valence-electron chi connectivity index (χ3n) is 0. The molecule has 0 fully saturated rings. The summed E-state index contributed by atoms with van der Waals surface area (Å²) in [4.78, 5) is 0. The fourth-order valence-corrected chi connectivity index (χ4v) is 0. The van der Waals surface area contributed by atoms with Crippen LogP contribution in [0.2, 0.25) is 0 Å². The molecule has 0 heterocycles. The molecule has 0 aliphatic heterocycles. The van der Waals surface area contributed by atoms with E-state index in [4.69, 9.17) is 158 Å². The SMILES string of the molecule is O=S(=O)(O)O.O=S(=O)(O)O.O=S(=O)(O)O.O=S(=O)(O)O.O=S(=O)(O)O.O=S(=O)(O)O.O=S(=O)(O)O.O=S(=O)(O)O.O=S(=O)(O)O.[CaH2].[CaH2]. The first kappa shape index (κ1) is 77.7. The molecule has 0 unspecified atom stereocenters. The molecule has 0 rings (SSSR count). The second-order valence-corrected chi connectivity index (χ2v) is 12.1. The van der Waals surface area contributed by atoms with Crippen molar-refractivity contribution in [1.29, 1.82) is 0 Å². The van der Waals surface area contributed by atoms with Gasteiger partial charge in [0, 0.05) is 0 Å². The van der Waals surface area contributed by atoms with E-state index in [1.54, 1.807) is 0 Å². The molecule has 0 aromatic carbocycles. The van der Waals surface area contributed by atoms with Gasteiger partial charge >= 0.3 is 169 Å². The van der Waals surface area contributed by atoms with Crippen LogP contribution in [0.5, 0.6) is 0 Å². The number of hydrogen-bond acceptors (Lipinski definition) is 18. The van der Waals surface area contributed by atoms with Crippen LogP contribution in [-0.2, 0) is 93.6 Å². The van der Waals surface area contributed by atoms with E-state index in [2.05, 4.69) is 0 Å². The van der Waals surface area contributed by atoms with E-state index < -0.39 is 93.6 Å². The number of rotatable bonds is 0. The van der Waals surface area contributed by atoms with Crippen molar-refractivity contribution in [2.45, 2.75) is 0 Å². The predicted octanol–water partition coefficient (Wildman–Crippen LogP) is -7.71. The fraction of sp³-hybridized carbons (Fsp3) is 0. The Labute approximate surface area is 322 Å². The summed E-state index contributed by atoms with van der Waals surface area (Å²) in [6.45, 7) is 0. The van der Waals surface area contributed by atoms with E-state index in [9.17, 15) is 0 Å². The Morgan fingerprint density at radius 2 is 0.149 bits per heavy atom. The summed E-state index contributed by atoms with van der Waals surface area (Å²) in [6, 6.07) is 0. The second-order valence-electron chi connectivity index (χ2n) is 4.03. The van der Waals surface area contributed by atoms with E-state index in [1.165, 1.54) is 0 Å². The van der Waals surface area contributed by atoms with Gasteiger partial charge in [0.1, 0.15) is 0 Å².